The molecule has 2 aromatic carbocycles. The van der Waals surface area contributed by atoms with Crippen molar-refractivity contribution in [3.05, 3.63) is 93.2 Å². The normalized spacial score (nSPS) is 13.6. The topological polar surface area (TPSA) is 62.3 Å². The second-order valence-electron chi connectivity index (χ2n) is 7.16. The van der Waals surface area contributed by atoms with Crippen LogP contribution in [0.5, 0.6) is 0 Å². The lowest BCUT2D eigenvalue weighted by molar-refractivity contribution is 0.0938. The molecule has 1 aliphatic rings. The smallest absolute Gasteiger partial charge is 0.258 e. The van der Waals surface area contributed by atoms with Gasteiger partial charge in [0.1, 0.15) is 5.15 Å². The zero-order chi connectivity index (χ0) is 21.3. The maximum absolute atomic E-state index is 12.9. The second-order valence-corrected chi connectivity index (χ2v) is 7.99. The first-order chi connectivity index (χ1) is 14.4. The highest BCUT2D eigenvalue weighted by Crippen LogP contribution is 2.32. The van der Waals surface area contributed by atoms with Crippen LogP contribution in [0, 0.1) is 0 Å². The van der Waals surface area contributed by atoms with Gasteiger partial charge in [0.05, 0.1) is 6.04 Å². The highest BCUT2D eigenvalue weighted by atomic mass is 35.5. The molecule has 1 aliphatic heterocycles. The molecule has 0 bridgehead atoms. The third kappa shape index (κ3) is 4.18. The summed E-state index contributed by atoms with van der Waals surface area (Å²) in [5, 5.41) is 3.89. The lowest BCUT2D eigenvalue weighted by atomic mass is 10.0. The molecule has 1 atom stereocenters. The molecular weight excluding hydrogens is 421 g/mol. The van der Waals surface area contributed by atoms with Crippen molar-refractivity contribution < 1.29 is 9.59 Å². The quantitative estimate of drug-likeness (QED) is 0.576. The minimum atomic E-state index is -0.178. The standard InChI is InChI=1S/C23H19Cl2N3O2/c1-14(27-22(29)15-2-5-19(24)6-3-15)16-4-7-20-17(12-16)9-11-28(20)23(30)18-8-10-26-21(25)13-18/h2-8,10,12-14H,9,11H2,1H3,(H,27,29)/t14-/m1/s1. The zero-order valence-corrected chi connectivity index (χ0v) is 17.7. The number of nitrogens with zero attached hydrogens (tertiary/aromatic N) is 2. The van der Waals surface area contributed by atoms with Crippen LogP contribution >= 0.6 is 23.2 Å². The van der Waals surface area contributed by atoms with Gasteiger partial charge in [-0.25, -0.2) is 4.98 Å². The molecule has 5 nitrogen and oxygen atoms in total. The maximum atomic E-state index is 12.9. The SMILES string of the molecule is C[C@@H](NC(=O)c1ccc(Cl)cc1)c1ccc2c(c1)CCN2C(=O)c1ccnc(Cl)c1. The number of benzene rings is 2. The van der Waals surface area contributed by atoms with Crippen LogP contribution in [0.15, 0.2) is 60.8 Å². The number of amides is 2. The number of carbonyl (C=O) groups excluding carboxylic acids is 2. The van der Waals surface area contributed by atoms with Gasteiger partial charge in [0.2, 0.25) is 0 Å². The van der Waals surface area contributed by atoms with Crippen LogP contribution in [-0.4, -0.2) is 23.3 Å². The van der Waals surface area contributed by atoms with E-state index in [1.165, 1.54) is 6.20 Å². The fourth-order valence-electron chi connectivity index (χ4n) is 3.56. The molecule has 7 heteroatoms. The van der Waals surface area contributed by atoms with E-state index in [-0.39, 0.29) is 17.9 Å². The van der Waals surface area contributed by atoms with Gasteiger partial charge in [0, 0.05) is 34.6 Å². The van der Waals surface area contributed by atoms with Gasteiger partial charge in [-0.1, -0.05) is 35.3 Å². The Morgan fingerprint density at radius 2 is 1.80 bits per heavy atom. The van der Waals surface area contributed by atoms with Gasteiger partial charge in [0.25, 0.3) is 11.8 Å². The summed E-state index contributed by atoms with van der Waals surface area (Å²) < 4.78 is 0. The summed E-state index contributed by atoms with van der Waals surface area (Å²) in [6.07, 6.45) is 2.28. The van der Waals surface area contributed by atoms with E-state index in [0.717, 1.165) is 23.2 Å². The Morgan fingerprint density at radius 1 is 1.03 bits per heavy atom. The summed E-state index contributed by atoms with van der Waals surface area (Å²) in [5.74, 6) is -0.263. The lowest BCUT2D eigenvalue weighted by Crippen LogP contribution is -2.29. The molecule has 0 saturated heterocycles. The van der Waals surface area contributed by atoms with E-state index < -0.39 is 0 Å². The lowest BCUT2D eigenvalue weighted by Gasteiger charge is -2.19. The first kappa shape index (κ1) is 20.4. The van der Waals surface area contributed by atoms with Gasteiger partial charge in [-0.3, -0.25) is 9.59 Å². The van der Waals surface area contributed by atoms with E-state index in [4.69, 9.17) is 23.2 Å². The third-order valence-electron chi connectivity index (χ3n) is 5.17. The van der Waals surface area contributed by atoms with Crippen molar-refractivity contribution in [3.8, 4) is 0 Å². The molecule has 0 saturated carbocycles. The van der Waals surface area contributed by atoms with E-state index in [9.17, 15) is 9.59 Å². The number of aromatic nitrogens is 1. The van der Waals surface area contributed by atoms with Gasteiger partial charge >= 0.3 is 0 Å². The molecule has 2 heterocycles. The van der Waals surface area contributed by atoms with Gasteiger partial charge in [0.15, 0.2) is 0 Å². The van der Waals surface area contributed by atoms with Gasteiger partial charge in [-0.05, 0) is 66.9 Å². The average molecular weight is 440 g/mol. The summed E-state index contributed by atoms with van der Waals surface area (Å²) in [6.45, 7) is 2.54. The van der Waals surface area contributed by atoms with Crippen molar-refractivity contribution in [3.63, 3.8) is 0 Å². The van der Waals surface area contributed by atoms with Crippen molar-refractivity contribution in [2.75, 3.05) is 11.4 Å². The Labute approximate surface area is 184 Å². The molecule has 0 aliphatic carbocycles. The van der Waals surface area contributed by atoms with Crippen LogP contribution in [0.25, 0.3) is 0 Å². The molecule has 152 valence electrons. The van der Waals surface area contributed by atoms with Crippen LogP contribution < -0.4 is 10.2 Å². The minimum absolute atomic E-state index is 0.102. The van der Waals surface area contributed by atoms with Crippen LogP contribution in [0.4, 0.5) is 5.69 Å². The van der Waals surface area contributed by atoms with E-state index in [0.29, 0.717) is 27.8 Å². The zero-order valence-electron chi connectivity index (χ0n) is 16.2. The number of nitrogens with one attached hydrogen (secondary N) is 1. The molecular formula is C23H19Cl2N3O2. The van der Waals surface area contributed by atoms with Gasteiger partial charge in [-0.15, -0.1) is 0 Å². The Hall–Kier alpha value is -2.89. The summed E-state index contributed by atoms with van der Waals surface area (Å²) in [6, 6.07) is 15.8. The van der Waals surface area contributed by atoms with Crippen LogP contribution in [0.2, 0.25) is 10.2 Å². The molecule has 0 fully saturated rings. The first-order valence-electron chi connectivity index (χ1n) is 9.55. The molecule has 0 radical (unpaired) electrons. The Bertz CT molecular complexity index is 1120. The Kier molecular flexibility index (Phi) is 5.75. The number of hydrogen-bond acceptors (Lipinski definition) is 3. The highest BCUT2D eigenvalue weighted by Gasteiger charge is 2.26. The second kappa shape index (κ2) is 8.46. The van der Waals surface area contributed by atoms with Crippen molar-refractivity contribution in [2.45, 2.75) is 19.4 Å². The molecule has 4 rings (SSSR count). The van der Waals surface area contributed by atoms with Crippen molar-refractivity contribution in [1.82, 2.24) is 10.3 Å². The number of fused-ring (bicyclic) bond motifs is 1. The molecule has 0 spiro atoms. The Morgan fingerprint density at radius 3 is 2.53 bits per heavy atom. The van der Waals surface area contributed by atoms with Crippen LogP contribution in [-0.2, 0) is 6.42 Å². The molecule has 0 unspecified atom stereocenters. The summed E-state index contributed by atoms with van der Waals surface area (Å²) in [7, 11) is 0. The summed E-state index contributed by atoms with van der Waals surface area (Å²) in [4.78, 5) is 31.0. The van der Waals surface area contributed by atoms with Crippen LogP contribution in [0.1, 0.15) is 44.8 Å². The number of carbonyl (C=O) groups is 2. The first-order valence-corrected chi connectivity index (χ1v) is 10.3. The van der Waals surface area contributed by atoms with Gasteiger partial charge < -0.3 is 10.2 Å². The number of halogens is 2. The van der Waals surface area contributed by atoms with Gasteiger partial charge in [-0.2, -0.15) is 0 Å². The minimum Gasteiger partial charge on any atom is -0.346 e. The average Bonchev–Trinajstić information content (AvgIpc) is 3.16. The van der Waals surface area contributed by atoms with E-state index in [2.05, 4.69) is 16.4 Å². The van der Waals surface area contributed by atoms with E-state index in [1.54, 1.807) is 41.3 Å². The number of hydrogen-bond donors (Lipinski definition) is 1. The molecule has 30 heavy (non-hydrogen) atoms. The predicted molar refractivity (Wildman–Crippen MR) is 118 cm³/mol. The summed E-state index contributed by atoms with van der Waals surface area (Å²) >= 11 is 11.8. The third-order valence-corrected chi connectivity index (χ3v) is 5.63. The number of pyridine rings is 1. The summed E-state index contributed by atoms with van der Waals surface area (Å²) in [5.41, 5.74) is 4.01. The monoisotopic (exact) mass is 439 g/mol. The van der Waals surface area contributed by atoms with Crippen molar-refractivity contribution >= 4 is 40.7 Å². The molecule has 2 amide bonds. The predicted octanol–water partition coefficient (Wildman–Crippen LogP) is 5.08. The van der Waals surface area contributed by atoms with E-state index >= 15 is 0 Å². The number of rotatable bonds is 4. The maximum Gasteiger partial charge on any atom is 0.258 e. The molecule has 1 aromatic heterocycles. The van der Waals surface area contributed by atoms with Crippen LogP contribution in [0.3, 0.4) is 0 Å². The molecule has 1 N–H and O–H groups in total. The number of anilines is 1. The fourth-order valence-corrected chi connectivity index (χ4v) is 3.86. The largest absolute Gasteiger partial charge is 0.346 e. The highest BCUT2D eigenvalue weighted by molar-refractivity contribution is 6.30. The van der Waals surface area contributed by atoms with Crippen molar-refractivity contribution in [2.24, 2.45) is 0 Å². The fraction of sp³-hybridized carbons (Fsp3) is 0.174. The molecule has 3 aromatic rings. The van der Waals surface area contributed by atoms with Crippen molar-refractivity contribution in [1.29, 1.82) is 0 Å². The van der Waals surface area contributed by atoms with E-state index in [1.807, 2.05) is 19.1 Å². The Balaban J connectivity index is 1.50.